The molecule has 0 saturated carbocycles. The highest BCUT2D eigenvalue weighted by molar-refractivity contribution is 5.97. The summed E-state index contributed by atoms with van der Waals surface area (Å²) in [7, 11) is 0. The van der Waals surface area contributed by atoms with Gasteiger partial charge in [0.1, 0.15) is 0 Å². The number of carbonyl (C=O) groups excluding carboxylic acids is 1. The minimum Gasteiger partial charge on any atom is -0.352 e. The van der Waals surface area contributed by atoms with Crippen molar-refractivity contribution in [1.82, 2.24) is 15.1 Å². The van der Waals surface area contributed by atoms with E-state index in [1.807, 2.05) is 36.5 Å². The van der Waals surface area contributed by atoms with Crippen LogP contribution in [0.15, 0.2) is 42.7 Å². The lowest BCUT2D eigenvalue weighted by Gasteiger charge is -2.10. The molecule has 0 bridgehead atoms. The Morgan fingerprint density at radius 3 is 2.84 bits per heavy atom. The number of benzene rings is 1. The molecule has 1 N–H and O–H groups in total. The number of carbonyl (C=O) groups is 1. The monoisotopic (exact) mass is 257 g/mol. The molecule has 100 valence electrons. The third kappa shape index (κ3) is 3.44. The third-order valence-corrected chi connectivity index (χ3v) is 2.97. The molecule has 1 aromatic heterocycles. The predicted octanol–water partition coefficient (Wildman–Crippen LogP) is 2.79. The van der Waals surface area contributed by atoms with Gasteiger partial charge in [-0.25, -0.2) is 4.68 Å². The van der Waals surface area contributed by atoms with Gasteiger partial charge in [-0.1, -0.05) is 31.9 Å². The van der Waals surface area contributed by atoms with Gasteiger partial charge in [-0.05, 0) is 24.6 Å². The summed E-state index contributed by atoms with van der Waals surface area (Å²) >= 11 is 0. The summed E-state index contributed by atoms with van der Waals surface area (Å²) in [5.41, 5.74) is 1.46. The van der Waals surface area contributed by atoms with Crippen LogP contribution in [0.5, 0.6) is 0 Å². The summed E-state index contributed by atoms with van der Waals surface area (Å²) in [6.07, 6.45) is 6.85. The first kappa shape index (κ1) is 13.3. The van der Waals surface area contributed by atoms with Crippen LogP contribution in [0, 0.1) is 0 Å². The Hall–Kier alpha value is -2.10. The van der Waals surface area contributed by atoms with Gasteiger partial charge in [-0.15, -0.1) is 0 Å². The average molecular weight is 257 g/mol. The van der Waals surface area contributed by atoms with E-state index in [0.29, 0.717) is 5.56 Å². The van der Waals surface area contributed by atoms with E-state index in [4.69, 9.17) is 0 Å². The number of rotatable bonds is 6. The van der Waals surface area contributed by atoms with Gasteiger partial charge in [-0.2, -0.15) is 5.10 Å². The lowest BCUT2D eigenvalue weighted by atomic mass is 10.1. The zero-order chi connectivity index (χ0) is 13.5. The van der Waals surface area contributed by atoms with E-state index in [2.05, 4.69) is 17.3 Å². The number of nitrogens with zero attached hydrogens (tertiary/aromatic N) is 2. The molecule has 0 aliphatic carbocycles. The Bertz CT molecular complexity index is 520. The van der Waals surface area contributed by atoms with Gasteiger partial charge in [-0.3, -0.25) is 4.79 Å². The Kier molecular flexibility index (Phi) is 4.72. The van der Waals surface area contributed by atoms with Gasteiger partial charge < -0.3 is 5.32 Å². The van der Waals surface area contributed by atoms with Gasteiger partial charge in [0.05, 0.1) is 11.3 Å². The molecule has 0 saturated heterocycles. The van der Waals surface area contributed by atoms with Crippen molar-refractivity contribution >= 4 is 5.91 Å². The highest BCUT2D eigenvalue weighted by Crippen LogP contribution is 2.13. The second kappa shape index (κ2) is 6.73. The van der Waals surface area contributed by atoms with Crippen molar-refractivity contribution in [1.29, 1.82) is 0 Å². The van der Waals surface area contributed by atoms with Crippen molar-refractivity contribution in [3.05, 3.63) is 48.3 Å². The fourth-order valence-electron chi connectivity index (χ4n) is 1.95. The molecule has 0 aliphatic rings. The molecule has 0 fully saturated rings. The van der Waals surface area contributed by atoms with Crippen molar-refractivity contribution < 1.29 is 4.79 Å². The van der Waals surface area contributed by atoms with E-state index in [9.17, 15) is 4.79 Å². The molecule has 1 heterocycles. The van der Waals surface area contributed by atoms with E-state index in [0.717, 1.165) is 31.5 Å². The number of aromatic nitrogens is 2. The molecule has 4 nitrogen and oxygen atoms in total. The topological polar surface area (TPSA) is 46.9 Å². The molecule has 0 spiro atoms. The van der Waals surface area contributed by atoms with Crippen molar-refractivity contribution in [3.8, 4) is 5.69 Å². The van der Waals surface area contributed by atoms with Gasteiger partial charge >= 0.3 is 0 Å². The summed E-state index contributed by atoms with van der Waals surface area (Å²) in [5, 5.41) is 7.13. The molecule has 0 atom stereocenters. The molecule has 19 heavy (non-hydrogen) atoms. The summed E-state index contributed by atoms with van der Waals surface area (Å²) < 4.78 is 1.71. The van der Waals surface area contributed by atoms with Crippen LogP contribution >= 0.6 is 0 Å². The van der Waals surface area contributed by atoms with Crippen LogP contribution in [0.1, 0.15) is 36.5 Å². The van der Waals surface area contributed by atoms with E-state index in [-0.39, 0.29) is 5.91 Å². The summed E-state index contributed by atoms with van der Waals surface area (Å²) in [6, 6.07) is 9.34. The summed E-state index contributed by atoms with van der Waals surface area (Å²) in [6.45, 7) is 2.87. The van der Waals surface area contributed by atoms with Crippen molar-refractivity contribution in [3.63, 3.8) is 0 Å². The number of amides is 1. The summed E-state index contributed by atoms with van der Waals surface area (Å²) in [4.78, 5) is 12.2. The molecule has 1 amide bonds. The third-order valence-electron chi connectivity index (χ3n) is 2.97. The van der Waals surface area contributed by atoms with Crippen molar-refractivity contribution in [2.24, 2.45) is 0 Å². The van der Waals surface area contributed by atoms with Gasteiger partial charge in [0.2, 0.25) is 0 Å². The molecule has 0 aliphatic heterocycles. The van der Waals surface area contributed by atoms with E-state index < -0.39 is 0 Å². The lowest BCUT2D eigenvalue weighted by molar-refractivity contribution is 0.0953. The Labute approximate surface area is 113 Å². The SMILES string of the molecule is CCCCCNC(=O)c1ccccc1-n1cccn1. The van der Waals surface area contributed by atoms with Crippen LogP contribution in [0.2, 0.25) is 0 Å². The molecule has 1 aromatic carbocycles. The Morgan fingerprint density at radius 1 is 1.26 bits per heavy atom. The van der Waals surface area contributed by atoms with E-state index in [1.165, 1.54) is 0 Å². The Balaban J connectivity index is 2.09. The van der Waals surface area contributed by atoms with E-state index in [1.54, 1.807) is 10.9 Å². The highest BCUT2D eigenvalue weighted by atomic mass is 16.1. The van der Waals surface area contributed by atoms with Crippen molar-refractivity contribution in [2.45, 2.75) is 26.2 Å². The zero-order valence-corrected chi connectivity index (χ0v) is 11.2. The predicted molar refractivity (Wildman–Crippen MR) is 75.4 cm³/mol. The zero-order valence-electron chi connectivity index (χ0n) is 11.2. The van der Waals surface area contributed by atoms with Crippen LogP contribution in [-0.4, -0.2) is 22.2 Å². The first-order valence-corrected chi connectivity index (χ1v) is 6.70. The second-order valence-corrected chi connectivity index (χ2v) is 4.43. The molecule has 4 heteroatoms. The standard InChI is InChI=1S/C15H19N3O/c1-2-3-6-10-16-15(19)13-8-4-5-9-14(13)18-12-7-11-17-18/h4-5,7-9,11-12H,2-3,6,10H2,1H3,(H,16,19). The minimum absolute atomic E-state index is 0.0396. The van der Waals surface area contributed by atoms with E-state index >= 15 is 0 Å². The highest BCUT2D eigenvalue weighted by Gasteiger charge is 2.11. The van der Waals surface area contributed by atoms with Crippen LogP contribution in [0.25, 0.3) is 5.69 Å². The van der Waals surface area contributed by atoms with Crippen LogP contribution in [0.4, 0.5) is 0 Å². The second-order valence-electron chi connectivity index (χ2n) is 4.43. The smallest absolute Gasteiger partial charge is 0.253 e. The first-order valence-electron chi connectivity index (χ1n) is 6.70. The minimum atomic E-state index is -0.0396. The molecule has 2 aromatic rings. The largest absolute Gasteiger partial charge is 0.352 e. The first-order chi connectivity index (χ1) is 9.33. The average Bonchev–Trinajstić information content (AvgIpc) is 2.97. The molecule has 0 radical (unpaired) electrons. The number of hydrogen-bond donors (Lipinski definition) is 1. The summed E-state index contributed by atoms with van der Waals surface area (Å²) in [5.74, 6) is -0.0396. The Morgan fingerprint density at radius 2 is 2.11 bits per heavy atom. The number of unbranched alkanes of at least 4 members (excludes halogenated alkanes) is 2. The van der Waals surface area contributed by atoms with Gasteiger partial charge in [0.25, 0.3) is 5.91 Å². The maximum Gasteiger partial charge on any atom is 0.253 e. The molecular formula is C15H19N3O. The number of nitrogens with one attached hydrogen (secondary N) is 1. The lowest BCUT2D eigenvalue weighted by Crippen LogP contribution is -2.25. The molecule has 2 rings (SSSR count). The quantitative estimate of drug-likeness (QED) is 0.809. The van der Waals surface area contributed by atoms with Crippen LogP contribution in [-0.2, 0) is 0 Å². The molecular weight excluding hydrogens is 238 g/mol. The van der Waals surface area contributed by atoms with Gasteiger partial charge in [0.15, 0.2) is 0 Å². The number of para-hydroxylation sites is 1. The normalized spacial score (nSPS) is 10.4. The number of hydrogen-bond acceptors (Lipinski definition) is 2. The van der Waals surface area contributed by atoms with Crippen molar-refractivity contribution in [2.75, 3.05) is 6.54 Å². The fourth-order valence-corrected chi connectivity index (χ4v) is 1.95. The maximum atomic E-state index is 12.2. The van der Waals surface area contributed by atoms with Crippen LogP contribution in [0.3, 0.4) is 0 Å². The fraction of sp³-hybridized carbons (Fsp3) is 0.333. The molecule has 0 unspecified atom stereocenters. The van der Waals surface area contributed by atoms with Gasteiger partial charge in [0, 0.05) is 18.9 Å². The van der Waals surface area contributed by atoms with Crippen LogP contribution < -0.4 is 5.32 Å². The maximum absolute atomic E-state index is 12.2.